The average Bonchev–Trinajstić information content (AvgIpc) is 2.49. The maximum Gasteiger partial charge on any atom is 0.322 e. The molecule has 23 heavy (non-hydrogen) atoms. The number of carboxylic acids is 2. The summed E-state index contributed by atoms with van der Waals surface area (Å²) in [6, 6.07) is -2.53. The number of carboxylic acid groups (broad SMARTS) is 2. The molecule has 6 N–H and O–H groups in total. The van der Waals surface area contributed by atoms with Crippen LogP contribution in [-0.4, -0.2) is 69.4 Å². The van der Waals surface area contributed by atoms with E-state index in [-0.39, 0.29) is 24.5 Å². The molecule has 0 unspecified atom stereocenters. The van der Waals surface area contributed by atoms with Crippen molar-refractivity contribution in [2.45, 2.75) is 24.9 Å². The summed E-state index contributed by atoms with van der Waals surface area (Å²) in [6.45, 7) is -0.629. The SMILES string of the molecule is O=C(O)CNC(=O)[C@H](CSCO)NC(=O)CC[C@H](N[O-])C(=O)O. The quantitative estimate of drug-likeness (QED) is 0.164. The van der Waals surface area contributed by atoms with Gasteiger partial charge in [0.25, 0.3) is 0 Å². The summed E-state index contributed by atoms with van der Waals surface area (Å²) in [7, 11) is 0. The molecule has 0 aliphatic heterocycles. The molecule has 0 saturated carbocycles. The van der Waals surface area contributed by atoms with Crippen molar-refractivity contribution < 1.29 is 34.5 Å². The second-order valence-electron chi connectivity index (χ2n) is 4.28. The molecule has 2 amide bonds. The fourth-order valence-corrected chi connectivity index (χ4v) is 1.99. The molecule has 12 heteroatoms. The van der Waals surface area contributed by atoms with Crippen LogP contribution in [0, 0.1) is 5.21 Å². The summed E-state index contributed by atoms with van der Waals surface area (Å²) in [5.41, 5.74) is 1.29. The molecule has 11 nitrogen and oxygen atoms in total. The summed E-state index contributed by atoms with van der Waals surface area (Å²) in [4.78, 5) is 44.5. The van der Waals surface area contributed by atoms with E-state index in [1.54, 1.807) is 0 Å². The highest BCUT2D eigenvalue weighted by Crippen LogP contribution is 2.03. The molecular weight excluding hydrogens is 334 g/mol. The van der Waals surface area contributed by atoms with Gasteiger partial charge in [-0.3, -0.25) is 19.2 Å². The molecule has 0 rings (SSSR count). The van der Waals surface area contributed by atoms with Gasteiger partial charge in [-0.2, -0.15) is 0 Å². The molecule has 0 bridgehead atoms. The van der Waals surface area contributed by atoms with Gasteiger partial charge in [-0.05, 0) is 6.42 Å². The zero-order chi connectivity index (χ0) is 17.8. The fraction of sp³-hybridized carbons (Fsp3) is 0.636. The highest BCUT2D eigenvalue weighted by atomic mass is 32.2. The number of hydroxylamine groups is 1. The van der Waals surface area contributed by atoms with Gasteiger partial charge in [0.2, 0.25) is 11.8 Å². The lowest BCUT2D eigenvalue weighted by Gasteiger charge is -2.19. The van der Waals surface area contributed by atoms with Crippen molar-refractivity contribution in [3.05, 3.63) is 5.21 Å². The molecule has 0 fully saturated rings. The van der Waals surface area contributed by atoms with Crippen LogP contribution in [0.4, 0.5) is 0 Å². The number of aliphatic carboxylic acids is 2. The van der Waals surface area contributed by atoms with Gasteiger partial charge in [0.15, 0.2) is 0 Å². The number of hydrogen-bond acceptors (Lipinski definition) is 8. The Balaban J connectivity index is 4.50. The van der Waals surface area contributed by atoms with Crippen LogP contribution < -0.4 is 16.1 Å². The van der Waals surface area contributed by atoms with E-state index in [0.29, 0.717) is 0 Å². The number of aliphatic hydroxyl groups excluding tert-OH is 1. The zero-order valence-electron chi connectivity index (χ0n) is 12.0. The van der Waals surface area contributed by atoms with Crippen LogP contribution in [0.25, 0.3) is 0 Å². The summed E-state index contributed by atoms with van der Waals surface area (Å²) < 4.78 is 0. The van der Waals surface area contributed by atoms with Crippen LogP contribution in [-0.2, 0) is 19.2 Å². The Morgan fingerprint density at radius 3 is 2.26 bits per heavy atom. The van der Waals surface area contributed by atoms with Gasteiger partial charge < -0.3 is 36.6 Å². The molecule has 132 valence electrons. The third kappa shape index (κ3) is 9.67. The number of nitrogens with one attached hydrogen (secondary N) is 3. The van der Waals surface area contributed by atoms with E-state index in [2.05, 4.69) is 10.6 Å². The Morgan fingerprint density at radius 1 is 1.13 bits per heavy atom. The highest BCUT2D eigenvalue weighted by Gasteiger charge is 2.22. The smallest absolute Gasteiger partial charge is 0.322 e. The summed E-state index contributed by atoms with van der Waals surface area (Å²) in [6.07, 6.45) is -0.597. The summed E-state index contributed by atoms with van der Waals surface area (Å²) >= 11 is 0.931. The van der Waals surface area contributed by atoms with Crippen molar-refractivity contribution in [1.82, 2.24) is 16.1 Å². The van der Waals surface area contributed by atoms with Crippen LogP contribution in [0.2, 0.25) is 0 Å². The maximum atomic E-state index is 11.8. The number of rotatable bonds is 12. The second kappa shape index (κ2) is 11.6. The molecule has 0 spiro atoms. The van der Waals surface area contributed by atoms with E-state index in [4.69, 9.17) is 15.3 Å². The summed E-state index contributed by atoms with van der Waals surface area (Å²) in [5.74, 6) is -4.40. The molecule has 0 aromatic heterocycles. The van der Waals surface area contributed by atoms with Gasteiger partial charge >= 0.3 is 11.9 Å². The highest BCUT2D eigenvalue weighted by molar-refractivity contribution is 7.99. The topological polar surface area (TPSA) is 188 Å². The molecule has 2 atom stereocenters. The maximum absolute atomic E-state index is 11.8. The molecule has 0 radical (unpaired) electrons. The molecular formula is C11H18N3O8S-. The second-order valence-corrected chi connectivity index (χ2v) is 5.28. The first-order chi connectivity index (χ1) is 10.8. The molecule has 0 aliphatic carbocycles. The largest absolute Gasteiger partial charge is 0.787 e. The first-order valence-corrected chi connectivity index (χ1v) is 7.55. The van der Waals surface area contributed by atoms with Gasteiger partial charge in [0, 0.05) is 12.2 Å². The van der Waals surface area contributed by atoms with Crippen molar-refractivity contribution in [3.8, 4) is 0 Å². The van der Waals surface area contributed by atoms with E-state index >= 15 is 0 Å². The number of aliphatic hydroxyl groups is 1. The molecule has 0 heterocycles. The molecule has 0 saturated heterocycles. The number of carbonyl (C=O) groups is 4. The first-order valence-electron chi connectivity index (χ1n) is 6.39. The van der Waals surface area contributed by atoms with E-state index in [9.17, 15) is 24.4 Å². The van der Waals surface area contributed by atoms with Gasteiger partial charge in [0.05, 0.1) is 12.0 Å². The third-order valence-corrected chi connectivity index (χ3v) is 3.29. The predicted octanol–water partition coefficient (Wildman–Crippen LogP) is -2.32. The lowest BCUT2D eigenvalue weighted by molar-refractivity contribution is -0.139. The van der Waals surface area contributed by atoms with Crippen LogP contribution >= 0.6 is 11.8 Å². The summed E-state index contributed by atoms with van der Waals surface area (Å²) in [5, 5.41) is 40.6. The zero-order valence-corrected chi connectivity index (χ0v) is 12.8. The minimum absolute atomic E-state index is 0.00411. The van der Waals surface area contributed by atoms with E-state index in [1.807, 2.05) is 0 Å². The van der Waals surface area contributed by atoms with Gasteiger partial charge in [-0.1, -0.05) is 0 Å². The lowest BCUT2D eigenvalue weighted by atomic mass is 10.1. The van der Waals surface area contributed by atoms with E-state index in [0.717, 1.165) is 11.8 Å². The van der Waals surface area contributed by atoms with Crippen LogP contribution in [0.3, 0.4) is 0 Å². The van der Waals surface area contributed by atoms with Crippen LogP contribution in [0.5, 0.6) is 0 Å². The standard InChI is InChI=1S/C11H18N3O8S/c15-5-23-4-7(10(19)12-3-9(17)18)13-8(16)2-1-6(14-22)11(20)21/h6-7,14-15H,1-5H2,(H,12,19)(H,13,16)(H,17,18)(H,20,21)/q-1/t6-,7-/m0/s1. The number of hydrogen-bond donors (Lipinski definition) is 6. The van der Waals surface area contributed by atoms with Crippen LogP contribution in [0.1, 0.15) is 12.8 Å². The van der Waals surface area contributed by atoms with Crippen molar-refractivity contribution in [2.24, 2.45) is 0 Å². The Kier molecular flexibility index (Phi) is 10.7. The number of amides is 2. The first kappa shape index (κ1) is 21.1. The minimum atomic E-state index is -1.44. The Labute approximate surface area is 135 Å². The van der Waals surface area contributed by atoms with Crippen LogP contribution in [0.15, 0.2) is 0 Å². The third-order valence-electron chi connectivity index (χ3n) is 2.54. The van der Waals surface area contributed by atoms with E-state index < -0.39 is 42.4 Å². The van der Waals surface area contributed by atoms with Crippen molar-refractivity contribution in [1.29, 1.82) is 0 Å². The number of carbonyl (C=O) groups excluding carboxylic acids is 2. The molecule has 0 aliphatic rings. The average molecular weight is 352 g/mol. The Hall–Kier alpha value is -1.89. The monoisotopic (exact) mass is 352 g/mol. The number of thioether (sulfide) groups is 1. The van der Waals surface area contributed by atoms with Crippen molar-refractivity contribution in [3.63, 3.8) is 0 Å². The lowest BCUT2D eigenvalue weighted by Crippen LogP contribution is -2.49. The predicted molar refractivity (Wildman–Crippen MR) is 79.3 cm³/mol. The van der Waals surface area contributed by atoms with Crippen molar-refractivity contribution in [2.75, 3.05) is 18.2 Å². The Morgan fingerprint density at radius 2 is 1.78 bits per heavy atom. The van der Waals surface area contributed by atoms with E-state index in [1.165, 1.54) is 5.48 Å². The van der Waals surface area contributed by atoms with Gasteiger partial charge in [-0.25, -0.2) is 0 Å². The fourth-order valence-electron chi connectivity index (χ4n) is 1.41. The Bertz CT molecular complexity index is 433. The molecule has 0 aromatic rings. The normalized spacial score (nSPS) is 13.0. The molecule has 0 aromatic carbocycles. The minimum Gasteiger partial charge on any atom is -0.787 e. The van der Waals surface area contributed by atoms with Gasteiger partial charge in [0.1, 0.15) is 12.6 Å². The van der Waals surface area contributed by atoms with Crippen molar-refractivity contribution >= 4 is 35.5 Å². The van der Waals surface area contributed by atoms with Gasteiger partial charge in [-0.15, -0.1) is 11.8 Å².